The van der Waals surface area contributed by atoms with Gasteiger partial charge in [0, 0.05) is 23.6 Å². The van der Waals surface area contributed by atoms with Gasteiger partial charge in [0.1, 0.15) is 0 Å². The van der Waals surface area contributed by atoms with E-state index in [4.69, 9.17) is 5.11 Å². The number of aliphatic carboxylic acids is 1. The number of fused-ring (bicyclic) bond motifs is 1. The van der Waals surface area contributed by atoms with Crippen molar-refractivity contribution < 1.29 is 14.7 Å². The fourth-order valence-electron chi connectivity index (χ4n) is 1.69. The Bertz CT molecular complexity index is 341. The fourth-order valence-corrected chi connectivity index (χ4v) is 1.69. The minimum atomic E-state index is -0.894. The first-order chi connectivity index (χ1) is 6.16. The number of hydrogen-bond donors (Lipinski definition) is 2. The lowest BCUT2D eigenvalue weighted by atomic mass is 9.91. The molecule has 0 radical (unpaired) electrons. The molecule has 1 atom stereocenters. The highest BCUT2D eigenvalue weighted by molar-refractivity contribution is 5.89. The van der Waals surface area contributed by atoms with Gasteiger partial charge in [-0.3, -0.25) is 4.79 Å². The molecule has 2 aliphatic rings. The lowest BCUT2D eigenvalue weighted by Gasteiger charge is -2.14. The normalized spacial score (nSPS) is 25.8. The van der Waals surface area contributed by atoms with E-state index in [1.807, 2.05) is 0 Å². The van der Waals surface area contributed by atoms with E-state index in [9.17, 15) is 9.59 Å². The quantitative estimate of drug-likeness (QED) is 0.613. The molecule has 2 rings (SSSR count). The van der Waals surface area contributed by atoms with Crippen LogP contribution in [0.4, 0.5) is 0 Å². The second-order valence-corrected chi connectivity index (χ2v) is 3.27. The predicted octanol–water partition coefficient (Wildman–Crippen LogP) is 0.421. The van der Waals surface area contributed by atoms with Crippen molar-refractivity contribution in [2.24, 2.45) is 5.92 Å². The second kappa shape index (κ2) is 2.73. The number of hydrogen-bond acceptors (Lipinski definition) is 2. The van der Waals surface area contributed by atoms with Crippen LogP contribution < -0.4 is 5.32 Å². The smallest absolute Gasteiger partial charge is 0.331 e. The van der Waals surface area contributed by atoms with Crippen LogP contribution in [0.25, 0.3) is 0 Å². The molecule has 13 heavy (non-hydrogen) atoms. The first kappa shape index (κ1) is 8.04. The van der Waals surface area contributed by atoms with Crippen LogP contribution in [0.3, 0.4) is 0 Å². The Hall–Kier alpha value is -1.58. The highest BCUT2D eigenvalue weighted by Crippen LogP contribution is 2.30. The minimum Gasteiger partial charge on any atom is -0.478 e. The summed E-state index contributed by atoms with van der Waals surface area (Å²) in [6.07, 6.45) is 4.11. The van der Waals surface area contributed by atoms with Gasteiger partial charge in [0.2, 0.25) is 5.91 Å². The van der Waals surface area contributed by atoms with Crippen molar-refractivity contribution >= 4 is 11.9 Å². The molecule has 1 saturated heterocycles. The van der Waals surface area contributed by atoms with E-state index in [1.165, 1.54) is 0 Å². The maximum atomic E-state index is 11.0. The predicted molar refractivity (Wildman–Crippen MR) is 44.7 cm³/mol. The van der Waals surface area contributed by atoms with Crippen molar-refractivity contribution in [2.75, 3.05) is 0 Å². The Balaban J connectivity index is 2.22. The van der Waals surface area contributed by atoms with Gasteiger partial charge in [0.25, 0.3) is 0 Å². The van der Waals surface area contributed by atoms with Gasteiger partial charge in [-0.05, 0) is 12.5 Å². The number of rotatable bonds is 1. The Morgan fingerprint density at radius 1 is 1.46 bits per heavy atom. The molecule has 0 spiro atoms. The minimum absolute atomic E-state index is 0.0173. The maximum Gasteiger partial charge on any atom is 0.331 e. The number of carbonyl (C=O) groups is 2. The van der Waals surface area contributed by atoms with Crippen molar-refractivity contribution in [3.63, 3.8) is 0 Å². The standard InChI is InChI=1S/C9H9NO3/c11-8-4-6-3-5(9(12)13)1-2-7(6)10-8/h1-2,6H,3-4H2,(H,10,11)(H,12,13). The number of carboxylic acid groups (broad SMARTS) is 1. The lowest BCUT2D eigenvalue weighted by Crippen LogP contribution is -2.15. The average Bonchev–Trinajstić information content (AvgIpc) is 2.42. The summed E-state index contributed by atoms with van der Waals surface area (Å²) in [6.45, 7) is 0. The third kappa shape index (κ3) is 1.35. The summed E-state index contributed by atoms with van der Waals surface area (Å²) < 4.78 is 0. The van der Waals surface area contributed by atoms with Crippen LogP contribution in [0, 0.1) is 5.92 Å². The van der Waals surface area contributed by atoms with E-state index in [1.54, 1.807) is 12.2 Å². The molecule has 1 amide bonds. The fraction of sp³-hybridized carbons (Fsp3) is 0.333. The van der Waals surface area contributed by atoms with Crippen LogP contribution in [-0.2, 0) is 9.59 Å². The van der Waals surface area contributed by atoms with Gasteiger partial charge in [-0.15, -0.1) is 0 Å². The Kier molecular flexibility index (Phi) is 1.69. The van der Waals surface area contributed by atoms with Crippen molar-refractivity contribution in [1.82, 2.24) is 5.32 Å². The van der Waals surface area contributed by atoms with Gasteiger partial charge in [-0.1, -0.05) is 6.08 Å². The third-order valence-corrected chi connectivity index (χ3v) is 2.36. The summed E-state index contributed by atoms with van der Waals surface area (Å²) in [4.78, 5) is 21.6. The van der Waals surface area contributed by atoms with E-state index in [-0.39, 0.29) is 11.8 Å². The molecule has 1 heterocycles. The van der Waals surface area contributed by atoms with E-state index >= 15 is 0 Å². The molecule has 1 aliphatic carbocycles. The number of allylic oxidation sites excluding steroid dienone is 3. The molecule has 0 bridgehead atoms. The largest absolute Gasteiger partial charge is 0.478 e. The van der Waals surface area contributed by atoms with Gasteiger partial charge < -0.3 is 10.4 Å². The average molecular weight is 179 g/mol. The van der Waals surface area contributed by atoms with Crippen molar-refractivity contribution in [3.8, 4) is 0 Å². The lowest BCUT2D eigenvalue weighted by molar-refractivity contribution is -0.133. The Morgan fingerprint density at radius 2 is 2.23 bits per heavy atom. The summed E-state index contributed by atoms with van der Waals surface area (Å²) in [5, 5.41) is 11.4. The molecule has 4 heteroatoms. The summed E-state index contributed by atoms with van der Waals surface area (Å²) in [7, 11) is 0. The van der Waals surface area contributed by atoms with Crippen LogP contribution in [0.2, 0.25) is 0 Å². The zero-order chi connectivity index (χ0) is 9.42. The van der Waals surface area contributed by atoms with Crippen LogP contribution in [0.1, 0.15) is 12.8 Å². The molecule has 0 aromatic carbocycles. The van der Waals surface area contributed by atoms with Gasteiger partial charge >= 0.3 is 5.97 Å². The molecule has 1 aliphatic heterocycles. The van der Waals surface area contributed by atoms with Crippen molar-refractivity contribution in [2.45, 2.75) is 12.8 Å². The van der Waals surface area contributed by atoms with Gasteiger partial charge in [0.15, 0.2) is 0 Å². The molecule has 4 nitrogen and oxygen atoms in total. The van der Waals surface area contributed by atoms with Crippen LogP contribution in [0.5, 0.6) is 0 Å². The molecule has 0 saturated carbocycles. The maximum absolute atomic E-state index is 11.0. The van der Waals surface area contributed by atoms with Gasteiger partial charge in [-0.25, -0.2) is 4.79 Å². The van der Waals surface area contributed by atoms with Crippen molar-refractivity contribution in [1.29, 1.82) is 0 Å². The van der Waals surface area contributed by atoms with Gasteiger partial charge in [0.05, 0.1) is 0 Å². The molecule has 0 aromatic heterocycles. The van der Waals surface area contributed by atoms with E-state index < -0.39 is 5.97 Å². The summed E-state index contributed by atoms with van der Waals surface area (Å²) in [6, 6.07) is 0. The zero-order valence-electron chi connectivity index (χ0n) is 6.91. The molecule has 68 valence electrons. The Morgan fingerprint density at radius 3 is 2.92 bits per heavy atom. The van der Waals surface area contributed by atoms with Crippen molar-refractivity contribution in [3.05, 3.63) is 23.4 Å². The second-order valence-electron chi connectivity index (χ2n) is 3.27. The first-order valence-electron chi connectivity index (χ1n) is 4.10. The number of nitrogens with one attached hydrogen (secondary N) is 1. The highest BCUT2D eigenvalue weighted by Gasteiger charge is 2.30. The zero-order valence-corrected chi connectivity index (χ0v) is 6.91. The monoisotopic (exact) mass is 179 g/mol. The molecule has 1 unspecified atom stereocenters. The van der Waals surface area contributed by atoms with E-state index in [0.717, 1.165) is 5.70 Å². The van der Waals surface area contributed by atoms with E-state index in [2.05, 4.69) is 5.32 Å². The number of amides is 1. The topological polar surface area (TPSA) is 66.4 Å². The molecular weight excluding hydrogens is 170 g/mol. The SMILES string of the molecule is O=C1CC2CC(C(=O)O)=CC=C2N1. The molecular formula is C9H9NO3. The molecule has 1 fully saturated rings. The van der Waals surface area contributed by atoms with E-state index in [0.29, 0.717) is 18.4 Å². The number of carboxylic acids is 1. The summed E-state index contributed by atoms with van der Waals surface area (Å²) in [5.41, 5.74) is 1.24. The van der Waals surface area contributed by atoms with Crippen LogP contribution in [-0.4, -0.2) is 17.0 Å². The summed E-state index contributed by atoms with van der Waals surface area (Å²) in [5.74, 6) is -0.852. The summed E-state index contributed by atoms with van der Waals surface area (Å²) >= 11 is 0. The Labute approximate surface area is 74.9 Å². The first-order valence-corrected chi connectivity index (χ1v) is 4.10. The van der Waals surface area contributed by atoms with Gasteiger partial charge in [-0.2, -0.15) is 0 Å². The highest BCUT2D eigenvalue weighted by atomic mass is 16.4. The third-order valence-electron chi connectivity index (χ3n) is 2.36. The molecule has 2 N–H and O–H groups in total. The van der Waals surface area contributed by atoms with Crippen LogP contribution in [0.15, 0.2) is 23.4 Å². The van der Waals surface area contributed by atoms with Crippen LogP contribution >= 0.6 is 0 Å². The molecule has 0 aromatic rings. The number of carbonyl (C=O) groups excluding carboxylic acids is 1.